The summed E-state index contributed by atoms with van der Waals surface area (Å²) in [6, 6.07) is 4.03. The molecule has 1 aromatic carbocycles. The van der Waals surface area contributed by atoms with E-state index in [0.29, 0.717) is 5.56 Å². The van der Waals surface area contributed by atoms with E-state index in [9.17, 15) is 14.3 Å². The van der Waals surface area contributed by atoms with Gasteiger partial charge in [0.1, 0.15) is 17.5 Å². The molecular formula is C13H16ClFN2O4. The van der Waals surface area contributed by atoms with E-state index < -0.39 is 23.6 Å². The Bertz CT molecular complexity index is 545. The van der Waals surface area contributed by atoms with Crippen molar-refractivity contribution in [2.45, 2.75) is 11.7 Å². The van der Waals surface area contributed by atoms with Crippen LogP contribution in [0.15, 0.2) is 18.2 Å². The summed E-state index contributed by atoms with van der Waals surface area (Å²) >= 11 is 5.63. The third-order valence-electron chi connectivity index (χ3n) is 3.47. The van der Waals surface area contributed by atoms with Crippen molar-refractivity contribution >= 4 is 17.7 Å². The van der Waals surface area contributed by atoms with E-state index in [1.165, 1.54) is 12.1 Å². The number of hydrogen-bond donors (Lipinski definition) is 3. The van der Waals surface area contributed by atoms with Gasteiger partial charge < -0.3 is 25.6 Å². The van der Waals surface area contributed by atoms with Gasteiger partial charge in [-0.2, -0.15) is 0 Å². The Morgan fingerprint density at radius 3 is 2.90 bits per heavy atom. The Balaban J connectivity index is 2.36. The topological polar surface area (TPSA) is 96.0 Å². The molecule has 0 aromatic heterocycles. The molecule has 1 saturated heterocycles. The van der Waals surface area contributed by atoms with E-state index >= 15 is 0 Å². The minimum absolute atomic E-state index is 0.0455. The van der Waals surface area contributed by atoms with Crippen LogP contribution in [0.2, 0.25) is 5.02 Å². The van der Waals surface area contributed by atoms with Gasteiger partial charge in [0.15, 0.2) is 0 Å². The van der Waals surface area contributed by atoms with E-state index in [0.717, 1.165) is 11.0 Å². The van der Waals surface area contributed by atoms with Crippen molar-refractivity contribution in [3.8, 4) is 0 Å². The number of halogens is 2. The van der Waals surface area contributed by atoms with Crippen LogP contribution in [0.25, 0.3) is 0 Å². The van der Waals surface area contributed by atoms with Gasteiger partial charge in [-0.15, -0.1) is 0 Å². The Morgan fingerprint density at radius 1 is 1.62 bits per heavy atom. The molecule has 1 heterocycles. The fourth-order valence-electron chi connectivity index (χ4n) is 2.35. The lowest BCUT2D eigenvalue weighted by Gasteiger charge is -2.34. The normalized spacial score (nSPS) is 26.5. The van der Waals surface area contributed by atoms with E-state index in [-0.39, 0.29) is 31.3 Å². The molecule has 1 aliphatic rings. The number of carboxylic acid groups (broad SMARTS) is 1. The second-order valence-corrected chi connectivity index (χ2v) is 5.34. The first-order chi connectivity index (χ1) is 9.87. The number of hydrogen-bond acceptors (Lipinski definition) is 4. The van der Waals surface area contributed by atoms with Crippen LogP contribution < -0.4 is 5.73 Å². The van der Waals surface area contributed by atoms with Crippen LogP contribution in [-0.2, 0) is 4.74 Å². The van der Waals surface area contributed by atoms with Gasteiger partial charge >= 0.3 is 6.09 Å². The molecule has 8 heteroatoms. The quantitative estimate of drug-likeness (QED) is 0.762. The number of benzene rings is 1. The molecule has 1 fully saturated rings. The van der Waals surface area contributed by atoms with Crippen molar-refractivity contribution < 1.29 is 24.1 Å². The van der Waals surface area contributed by atoms with Crippen LogP contribution in [0, 0.1) is 5.82 Å². The number of aliphatic hydroxyl groups is 1. The molecule has 1 aliphatic heterocycles. The van der Waals surface area contributed by atoms with E-state index in [1.807, 2.05) is 0 Å². The fraction of sp³-hybridized carbons (Fsp3) is 0.462. The molecule has 21 heavy (non-hydrogen) atoms. The average molecular weight is 319 g/mol. The molecule has 4 N–H and O–H groups in total. The van der Waals surface area contributed by atoms with E-state index in [1.54, 1.807) is 0 Å². The molecular weight excluding hydrogens is 303 g/mol. The Hall–Kier alpha value is -1.41. The second kappa shape index (κ2) is 6.15. The number of ether oxygens (including phenoxy) is 1. The van der Waals surface area contributed by atoms with Crippen molar-refractivity contribution in [1.82, 2.24) is 4.90 Å². The minimum Gasteiger partial charge on any atom is -0.465 e. The third-order valence-corrected chi connectivity index (χ3v) is 3.78. The van der Waals surface area contributed by atoms with Crippen LogP contribution in [0.4, 0.5) is 9.18 Å². The first kappa shape index (κ1) is 16.0. The maximum Gasteiger partial charge on any atom is 0.407 e. The summed E-state index contributed by atoms with van der Waals surface area (Å²) < 4.78 is 19.1. The number of nitrogens with two attached hydrogens (primary N) is 1. The van der Waals surface area contributed by atoms with E-state index in [4.69, 9.17) is 27.2 Å². The summed E-state index contributed by atoms with van der Waals surface area (Å²) in [5.41, 5.74) is 4.31. The standard InChI is InChI=1S/C13H16ClFN2O4/c14-9-2-1-8(5-10(9)15)11-13(20,6-16)7-17(12(18)19)3-4-21-11/h1-2,5,11,20H,3-4,6-7,16H2,(H,18,19)/t11-,13+/m0/s1. The summed E-state index contributed by atoms with van der Waals surface area (Å²) in [6.45, 7) is -0.271. The van der Waals surface area contributed by atoms with Gasteiger partial charge in [0, 0.05) is 13.1 Å². The SMILES string of the molecule is NC[C@@]1(O)CN(C(=O)O)CCO[C@H]1c1ccc(Cl)c(F)c1. The van der Waals surface area contributed by atoms with Crippen molar-refractivity contribution in [1.29, 1.82) is 0 Å². The zero-order valence-electron chi connectivity index (χ0n) is 11.1. The number of rotatable bonds is 2. The third kappa shape index (κ3) is 3.26. The molecule has 0 unspecified atom stereocenters. The number of amides is 1. The van der Waals surface area contributed by atoms with Crippen molar-refractivity contribution in [2.75, 3.05) is 26.2 Å². The van der Waals surface area contributed by atoms with Gasteiger partial charge in [-0.1, -0.05) is 17.7 Å². The van der Waals surface area contributed by atoms with Crippen molar-refractivity contribution in [3.05, 3.63) is 34.6 Å². The van der Waals surface area contributed by atoms with Gasteiger partial charge in [-0.05, 0) is 17.7 Å². The Kier molecular flexibility index (Phi) is 4.67. The molecule has 2 rings (SSSR count). The summed E-state index contributed by atoms with van der Waals surface area (Å²) in [7, 11) is 0. The van der Waals surface area contributed by atoms with Crippen molar-refractivity contribution in [2.24, 2.45) is 5.73 Å². The molecule has 0 radical (unpaired) electrons. The molecule has 6 nitrogen and oxygen atoms in total. The monoisotopic (exact) mass is 318 g/mol. The average Bonchev–Trinajstić information content (AvgIpc) is 2.62. The highest BCUT2D eigenvalue weighted by Crippen LogP contribution is 2.33. The van der Waals surface area contributed by atoms with E-state index in [2.05, 4.69) is 0 Å². The molecule has 116 valence electrons. The highest BCUT2D eigenvalue weighted by molar-refractivity contribution is 6.30. The van der Waals surface area contributed by atoms with Gasteiger partial charge in [-0.3, -0.25) is 0 Å². The van der Waals surface area contributed by atoms with Crippen LogP contribution in [0.5, 0.6) is 0 Å². The summed E-state index contributed by atoms with van der Waals surface area (Å²) in [6.07, 6.45) is -2.10. The van der Waals surface area contributed by atoms with Crippen LogP contribution in [0.1, 0.15) is 11.7 Å². The lowest BCUT2D eigenvalue weighted by atomic mass is 9.90. The molecule has 1 aromatic rings. The maximum atomic E-state index is 13.6. The predicted molar refractivity (Wildman–Crippen MR) is 73.7 cm³/mol. The first-order valence-corrected chi connectivity index (χ1v) is 6.72. The van der Waals surface area contributed by atoms with Gasteiger partial charge in [0.05, 0.1) is 18.2 Å². The Morgan fingerprint density at radius 2 is 2.33 bits per heavy atom. The number of β-amino-alcohol motifs (C(OH)–C–C–N with tert-alkyl or cyclic N) is 1. The molecule has 2 atom stereocenters. The maximum absolute atomic E-state index is 13.6. The van der Waals surface area contributed by atoms with Gasteiger partial charge in [-0.25, -0.2) is 9.18 Å². The van der Waals surface area contributed by atoms with Crippen molar-refractivity contribution in [3.63, 3.8) is 0 Å². The lowest BCUT2D eigenvalue weighted by molar-refractivity contribution is -0.0930. The highest BCUT2D eigenvalue weighted by Gasteiger charge is 2.42. The first-order valence-electron chi connectivity index (χ1n) is 6.34. The zero-order chi connectivity index (χ0) is 15.6. The number of carbonyl (C=O) groups is 1. The molecule has 0 spiro atoms. The summed E-state index contributed by atoms with van der Waals surface area (Å²) in [5.74, 6) is -0.642. The summed E-state index contributed by atoms with van der Waals surface area (Å²) in [4.78, 5) is 12.1. The summed E-state index contributed by atoms with van der Waals surface area (Å²) in [5, 5.41) is 19.7. The predicted octanol–water partition coefficient (Wildman–Crippen LogP) is 1.22. The fourth-order valence-corrected chi connectivity index (χ4v) is 2.46. The van der Waals surface area contributed by atoms with Crippen LogP contribution in [-0.4, -0.2) is 53.0 Å². The molecule has 0 aliphatic carbocycles. The largest absolute Gasteiger partial charge is 0.465 e. The molecule has 0 saturated carbocycles. The lowest BCUT2D eigenvalue weighted by Crippen LogP contribution is -2.52. The molecule has 0 bridgehead atoms. The Labute approximate surface area is 125 Å². The zero-order valence-corrected chi connectivity index (χ0v) is 11.9. The number of nitrogens with zero attached hydrogens (tertiary/aromatic N) is 1. The van der Waals surface area contributed by atoms with Crippen LogP contribution in [0.3, 0.4) is 0 Å². The second-order valence-electron chi connectivity index (χ2n) is 4.94. The highest BCUT2D eigenvalue weighted by atomic mass is 35.5. The smallest absolute Gasteiger partial charge is 0.407 e. The molecule has 1 amide bonds. The van der Waals surface area contributed by atoms with Gasteiger partial charge in [0.2, 0.25) is 0 Å². The van der Waals surface area contributed by atoms with Gasteiger partial charge in [0.25, 0.3) is 0 Å². The minimum atomic E-state index is -1.64. The van der Waals surface area contributed by atoms with Crippen LogP contribution >= 0.6 is 11.6 Å².